The molecule has 0 bridgehead atoms. The van der Waals surface area contributed by atoms with Crippen LogP contribution in [0.25, 0.3) is 22.5 Å². The molecule has 7 heteroatoms. The number of imidazole rings is 1. The normalized spacial score (nSPS) is 19.6. The number of aliphatic hydroxyl groups excluding tert-OH is 1. The van der Waals surface area contributed by atoms with E-state index < -0.39 is 11.7 Å². The van der Waals surface area contributed by atoms with Crippen molar-refractivity contribution in [1.29, 1.82) is 0 Å². The van der Waals surface area contributed by atoms with E-state index in [1.54, 1.807) is 0 Å². The fourth-order valence-electron chi connectivity index (χ4n) is 4.58. The maximum Gasteiger partial charge on any atom is 0.217 e. The van der Waals surface area contributed by atoms with E-state index >= 15 is 0 Å². The number of aromatic nitrogens is 2. The van der Waals surface area contributed by atoms with Crippen LogP contribution in [-0.4, -0.2) is 66.6 Å². The largest absolute Gasteiger partial charge is 0.396 e. The number of aliphatic hydroxyl groups is 1. The summed E-state index contributed by atoms with van der Waals surface area (Å²) in [5.41, 5.74) is 4.48. The van der Waals surface area contributed by atoms with Gasteiger partial charge in [0.25, 0.3) is 0 Å². The Morgan fingerprint density at radius 3 is 2.16 bits per heavy atom. The van der Waals surface area contributed by atoms with Crippen LogP contribution in [0.5, 0.6) is 0 Å². The SMILES string of the molecule is CN(CCOC[C@]1(CO)CO[C@H](c2nc(-c3ccccc3)c(-c3ccccc3)[nH]2)OC1)Cc1ccccc1. The van der Waals surface area contributed by atoms with Crippen molar-refractivity contribution < 1.29 is 19.3 Å². The van der Waals surface area contributed by atoms with Crippen molar-refractivity contribution in [3.63, 3.8) is 0 Å². The number of nitrogens with zero attached hydrogens (tertiary/aromatic N) is 2. The highest BCUT2D eigenvalue weighted by Crippen LogP contribution is 2.35. The molecule has 4 aromatic rings. The van der Waals surface area contributed by atoms with Gasteiger partial charge in [-0.2, -0.15) is 0 Å². The van der Waals surface area contributed by atoms with Crippen LogP contribution < -0.4 is 0 Å². The maximum absolute atomic E-state index is 10.2. The molecular weight excluding hydrogens is 478 g/mol. The topological polar surface area (TPSA) is 79.8 Å². The molecule has 0 spiro atoms. The van der Waals surface area contributed by atoms with Gasteiger partial charge < -0.3 is 24.3 Å². The van der Waals surface area contributed by atoms with Gasteiger partial charge in [0.2, 0.25) is 6.29 Å². The second-order valence-corrected chi connectivity index (χ2v) is 9.97. The third-order valence-corrected chi connectivity index (χ3v) is 6.79. The summed E-state index contributed by atoms with van der Waals surface area (Å²) in [5, 5.41) is 10.2. The Balaban J connectivity index is 1.19. The number of nitrogens with one attached hydrogen (secondary N) is 1. The highest BCUT2D eigenvalue weighted by Gasteiger charge is 2.39. The summed E-state index contributed by atoms with van der Waals surface area (Å²) in [4.78, 5) is 10.5. The lowest BCUT2D eigenvalue weighted by atomic mass is 9.91. The van der Waals surface area contributed by atoms with Crippen molar-refractivity contribution in [2.45, 2.75) is 12.8 Å². The van der Waals surface area contributed by atoms with Gasteiger partial charge in [-0.1, -0.05) is 91.0 Å². The Bertz CT molecular complexity index is 1200. The zero-order valence-electron chi connectivity index (χ0n) is 21.8. The Morgan fingerprint density at radius 1 is 0.921 bits per heavy atom. The zero-order valence-corrected chi connectivity index (χ0v) is 21.8. The van der Waals surface area contributed by atoms with E-state index in [-0.39, 0.29) is 6.61 Å². The van der Waals surface area contributed by atoms with E-state index in [0.29, 0.717) is 32.3 Å². The first-order chi connectivity index (χ1) is 18.7. The van der Waals surface area contributed by atoms with Gasteiger partial charge in [-0.3, -0.25) is 4.90 Å². The van der Waals surface area contributed by atoms with Crippen LogP contribution >= 0.6 is 0 Å². The molecule has 198 valence electrons. The molecule has 2 N–H and O–H groups in total. The Hall–Kier alpha value is -3.33. The highest BCUT2D eigenvalue weighted by molar-refractivity contribution is 5.78. The molecule has 1 fully saturated rings. The van der Waals surface area contributed by atoms with Gasteiger partial charge in [0, 0.05) is 24.2 Å². The first-order valence-corrected chi connectivity index (χ1v) is 13.0. The third kappa shape index (κ3) is 6.38. The molecule has 0 aliphatic carbocycles. The molecule has 1 aliphatic heterocycles. The van der Waals surface area contributed by atoms with Gasteiger partial charge >= 0.3 is 0 Å². The van der Waals surface area contributed by atoms with Crippen molar-refractivity contribution in [1.82, 2.24) is 14.9 Å². The number of H-pyrrole nitrogens is 1. The van der Waals surface area contributed by atoms with Gasteiger partial charge in [-0.15, -0.1) is 0 Å². The lowest BCUT2D eigenvalue weighted by Crippen LogP contribution is -2.45. The predicted octanol–water partition coefficient (Wildman–Crippen LogP) is 4.92. The third-order valence-electron chi connectivity index (χ3n) is 6.79. The molecule has 2 heterocycles. The van der Waals surface area contributed by atoms with Gasteiger partial charge in [0.1, 0.15) is 0 Å². The van der Waals surface area contributed by atoms with Gasteiger partial charge in [-0.25, -0.2) is 4.98 Å². The number of ether oxygens (including phenoxy) is 3. The van der Waals surface area contributed by atoms with Crippen molar-refractivity contribution in [2.24, 2.45) is 5.41 Å². The van der Waals surface area contributed by atoms with Crippen molar-refractivity contribution in [2.75, 3.05) is 46.6 Å². The maximum atomic E-state index is 10.2. The molecule has 3 aromatic carbocycles. The molecule has 38 heavy (non-hydrogen) atoms. The monoisotopic (exact) mass is 513 g/mol. The van der Waals surface area contributed by atoms with Gasteiger partial charge in [0.05, 0.1) is 49.8 Å². The summed E-state index contributed by atoms with van der Waals surface area (Å²) in [5.74, 6) is 0.609. The Labute approximate surface area is 224 Å². The molecule has 1 aromatic heterocycles. The molecule has 1 aliphatic rings. The minimum atomic E-state index is -0.647. The summed E-state index contributed by atoms with van der Waals surface area (Å²) in [7, 11) is 2.08. The van der Waals surface area contributed by atoms with Crippen molar-refractivity contribution in [3.8, 4) is 22.5 Å². The van der Waals surface area contributed by atoms with Crippen LogP contribution in [0.15, 0.2) is 91.0 Å². The summed E-state index contributed by atoms with van der Waals surface area (Å²) in [6.45, 7) is 3.13. The van der Waals surface area contributed by atoms with E-state index in [2.05, 4.69) is 53.3 Å². The van der Waals surface area contributed by atoms with Crippen LogP contribution in [0.4, 0.5) is 0 Å². The van der Waals surface area contributed by atoms with E-state index in [0.717, 1.165) is 35.6 Å². The molecular formula is C31H35N3O4. The summed E-state index contributed by atoms with van der Waals surface area (Å²) in [6.07, 6.45) is -0.647. The second-order valence-electron chi connectivity index (χ2n) is 9.97. The van der Waals surface area contributed by atoms with Gasteiger partial charge in [-0.05, 0) is 12.6 Å². The second kappa shape index (κ2) is 12.5. The average molecular weight is 514 g/mol. The molecule has 0 unspecified atom stereocenters. The van der Waals surface area contributed by atoms with Crippen molar-refractivity contribution in [3.05, 3.63) is 102 Å². The minimum absolute atomic E-state index is 0.0811. The van der Waals surface area contributed by atoms with E-state index in [1.807, 2.05) is 54.6 Å². The van der Waals surface area contributed by atoms with Crippen molar-refractivity contribution >= 4 is 0 Å². The number of rotatable bonds is 11. The lowest BCUT2D eigenvalue weighted by molar-refractivity contribution is -0.253. The molecule has 0 saturated carbocycles. The van der Waals surface area contributed by atoms with E-state index in [1.165, 1.54) is 5.56 Å². The number of likely N-dealkylation sites (N-methyl/N-ethyl adjacent to an activating group) is 1. The molecule has 7 nitrogen and oxygen atoms in total. The number of hydrogen-bond donors (Lipinski definition) is 2. The smallest absolute Gasteiger partial charge is 0.217 e. The molecule has 0 amide bonds. The predicted molar refractivity (Wildman–Crippen MR) is 147 cm³/mol. The Kier molecular flexibility index (Phi) is 8.63. The number of benzene rings is 3. The van der Waals surface area contributed by atoms with E-state index in [4.69, 9.17) is 19.2 Å². The highest BCUT2D eigenvalue weighted by atomic mass is 16.7. The van der Waals surface area contributed by atoms with Crippen LogP contribution in [0, 0.1) is 5.41 Å². The zero-order chi connectivity index (χ0) is 26.2. The van der Waals surface area contributed by atoms with E-state index in [9.17, 15) is 5.11 Å². The minimum Gasteiger partial charge on any atom is -0.396 e. The lowest BCUT2D eigenvalue weighted by Gasteiger charge is -2.37. The fraction of sp³-hybridized carbons (Fsp3) is 0.323. The number of hydrogen-bond acceptors (Lipinski definition) is 6. The molecule has 0 radical (unpaired) electrons. The fourth-order valence-corrected chi connectivity index (χ4v) is 4.58. The number of aromatic amines is 1. The summed E-state index contributed by atoms with van der Waals surface area (Å²) in [6, 6.07) is 30.6. The van der Waals surface area contributed by atoms with Crippen LogP contribution in [0.2, 0.25) is 0 Å². The van der Waals surface area contributed by atoms with Gasteiger partial charge in [0.15, 0.2) is 5.82 Å². The average Bonchev–Trinajstić information content (AvgIpc) is 3.43. The standard InChI is InChI=1S/C31H35N3O4/c1-34(19-24-11-5-2-6-12-24)17-18-36-21-31(20-35)22-37-30(38-23-31)29-32-27(25-13-7-3-8-14-25)28(33-29)26-15-9-4-10-16-26/h2-16,30,35H,17-23H2,1H3,(H,32,33)/t30-,31+. The molecule has 0 atom stereocenters. The van der Waals surface area contributed by atoms with Crippen LogP contribution in [-0.2, 0) is 20.8 Å². The summed E-state index contributed by atoms with van der Waals surface area (Å²) >= 11 is 0. The van der Waals surface area contributed by atoms with Crippen LogP contribution in [0.3, 0.4) is 0 Å². The summed E-state index contributed by atoms with van der Waals surface area (Å²) < 4.78 is 18.2. The molecule has 5 rings (SSSR count). The first kappa shape index (κ1) is 26.3. The van der Waals surface area contributed by atoms with Crippen LogP contribution in [0.1, 0.15) is 17.7 Å². The molecule has 1 saturated heterocycles. The first-order valence-electron chi connectivity index (χ1n) is 13.0. The Morgan fingerprint density at radius 2 is 1.53 bits per heavy atom. The quantitative estimate of drug-likeness (QED) is 0.277.